The van der Waals surface area contributed by atoms with Gasteiger partial charge in [0.2, 0.25) is 5.88 Å². The van der Waals surface area contributed by atoms with Gasteiger partial charge in [-0.05, 0) is 25.6 Å². The number of hydrogen-bond donors (Lipinski definition) is 1. The van der Waals surface area contributed by atoms with Gasteiger partial charge in [-0.1, -0.05) is 17.7 Å². The average molecular weight is 308 g/mol. The summed E-state index contributed by atoms with van der Waals surface area (Å²) in [6, 6.07) is 8.01. The van der Waals surface area contributed by atoms with E-state index < -0.39 is 4.92 Å². The molecule has 6 nitrogen and oxygen atoms in total. The van der Waals surface area contributed by atoms with E-state index >= 15 is 0 Å². The molecule has 0 amide bonds. The molecule has 1 aromatic heterocycles. The molecule has 0 aliphatic heterocycles. The van der Waals surface area contributed by atoms with Crippen LogP contribution in [-0.4, -0.2) is 17.0 Å². The SMILES string of the molecule is CNC(C)c1ccc(Oc2ccc([N+](=O)[O-])c(Cl)c2)nc1. The Hall–Kier alpha value is -2.18. The lowest BCUT2D eigenvalue weighted by Gasteiger charge is -2.10. The molecule has 7 heteroatoms. The average Bonchev–Trinajstić information content (AvgIpc) is 2.47. The zero-order chi connectivity index (χ0) is 15.4. The van der Waals surface area contributed by atoms with E-state index in [1.54, 1.807) is 12.3 Å². The van der Waals surface area contributed by atoms with Crippen LogP contribution >= 0.6 is 11.6 Å². The maximum Gasteiger partial charge on any atom is 0.288 e. The van der Waals surface area contributed by atoms with E-state index in [4.69, 9.17) is 16.3 Å². The van der Waals surface area contributed by atoms with Crippen molar-refractivity contribution in [1.82, 2.24) is 10.3 Å². The number of hydrogen-bond acceptors (Lipinski definition) is 5. The standard InChI is InChI=1S/C14H14ClN3O3/c1-9(16-2)10-3-6-14(17-8-10)21-11-4-5-13(18(19)20)12(15)7-11/h3-9,16H,1-2H3. The van der Waals surface area contributed by atoms with Crippen molar-refractivity contribution >= 4 is 17.3 Å². The molecule has 0 spiro atoms. The Morgan fingerprint density at radius 3 is 2.67 bits per heavy atom. The van der Waals surface area contributed by atoms with Crippen LogP contribution in [0.2, 0.25) is 5.02 Å². The number of benzene rings is 1. The number of halogens is 1. The summed E-state index contributed by atoms with van der Waals surface area (Å²) in [5.74, 6) is 0.791. The molecule has 0 saturated heterocycles. The molecule has 0 bridgehead atoms. The zero-order valence-corrected chi connectivity index (χ0v) is 12.3. The quantitative estimate of drug-likeness (QED) is 0.673. The summed E-state index contributed by atoms with van der Waals surface area (Å²) in [4.78, 5) is 14.3. The summed E-state index contributed by atoms with van der Waals surface area (Å²) in [7, 11) is 1.87. The molecule has 2 rings (SSSR count). The number of aromatic nitrogens is 1. The first-order valence-electron chi connectivity index (χ1n) is 6.26. The van der Waals surface area contributed by atoms with Gasteiger partial charge < -0.3 is 10.1 Å². The normalized spacial score (nSPS) is 12.0. The summed E-state index contributed by atoms with van der Waals surface area (Å²) in [5.41, 5.74) is 0.877. The molecule has 0 aliphatic rings. The first-order valence-corrected chi connectivity index (χ1v) is 6.64. The van der Waals surface area contributed by atoms with E-state index in [-0.39, 0.29) is 16.8 Å². The van der Waals surface area contributed by atoms with Crippen molar-refractivity contribution in [2.75, 3.05) is 7.05 Å². The van der Waals surface area contributed by atoms with Gasteiger partial charge in [0.1, 0.15) is 10.8 Å². The second-order valence-electron chi connectivity index (χ2n) is 4.41. The largest absolute Gasteiger partial charge is 0.439 e. The molecule has 110 valence electrons. The Morgan fingerprint density at radius 2 is 2.14 bits per heavy atom. The summed E-state index contributed by atoms with van der Waals surface area (Å²) in [6.07, 6.45) is 1.71. The summed E-state index contributed by atoms with van der Waals surface area (Å²) < 4.78 is 5.52. The highest BCUT2D eigenvalue weighted by atomic mass is 35.5. The minimum atomic E-state index is -0.543. The van der Waals surface area contributed by atoms with Crippen molar-refractivity contribution in [3.8, 4) is 11.6 Å². The van der Waals surface area contributed by atoms with Gasteiger partial charge in [-0.15, -0.1) is 0 Å². The van der Waals surface area contributed by atoms with Crippen LogP contribution in [0.15, 0.2) is 36.5 Å². The number of rotatable bonds is 5. The van der Waals surface area contributed by atoms with Crippen molar-refractivity contribution in [3.05, 3.63) is 57.2 Å². The van der Waals surface area contributed by atoms with Gasteiger partial charge in [-0.2, -0.15) is 0 Å². The van der Waals surface area contributed by atoms with Crippen LogP contribution in [0.3, 0.4) is 0 Å². The van der Waals surface area contributed by atoms with Crippen molar-refractivity contribution in [3.63, 3.8) is 0 Å². The fraction of sp³-hybridized carbons (Fsp3) is 0.214. The van der Waals surface area contributed by atoms with Crippen molar-refractivity contribution in [1.29, 1.82) is 0 Å². The summed E-state index contributed by atoms with van der Waals surface area (Å²) in [5, 5.41) is 13.8. The van der Waals surface area contributed by atoms with E-state index in [9.17, 15) is 10.1 Å². The third-order valence-corrected chi connectivity index (χ3v) is 3.33. The minimum absolute atomic E-state index is 0.0259. The van der Waals surface area contributed by atoms with Crippen LogP contribution in [0.1, 0.15) is 18.5 Å². The molecule has 2 aromatic rings. The highest BCUT2D eigenvalue weighted by Gasteiger charge is 2.13. The number of pyridine rings is 1. The van der Waals surface area contributed by atoms with Gasteiger partial charge in [0.25, 0.3) is 5.69 Å². The van der Waals surface area contributed by atoms with Gasteiger partial charge in [0, 0.05) is 30.4 Å². The Labute approximate surface area is 126 Å². The Kier molecular flexibility index (Phi) is 4.72. The first-order chi connectivity index (χ1) is 10.0. The summed E-state index contributed by atoms with van der Waals surface area (Å²) in [6.45, 7) is 2.02. The lowest BCUT2D eigenvalue weighted by atomic mass is 10.1. The van der Waals surface area contributed by atoms with Crippen LogP contribution in [-0.2, 0) is 0 Å². The third-order valence-electron chi connectivity index (χ3n) is 3.03. The molecule has 0 radical (unpaired) electrons. The molecule has 1 unspecified atom stereocenters. The van der Waals surface area contributed by atoms with Gasteiger partial charge in [0.15, 0.2) is 0 Å². The van der Waals surface area contributed by atoms with Crippen LogP contribution in [0.4, 0.5) is 5.69 Å². The molecule has 1 atom stereocenters. The van der Waals surface area contributed by atoms with Gasteiger partial charge >= 0.3 is 0 Å². The predicted molar refractivity (Wildman–Crippen MR) is 79.9 cm³/mol. The second-order valence-corrected chi connectivity index (χ2v) is 4.82. The smallest absolute Gasteiger partial charge is 0.288 e. The molecular formula is C14H14ClN3O3. The predicted octanol–water partition coefficient (Wildman–Crippen LogP) is 3.72. The molecular weight excluding hydrogens is 294 g/mol. The zero-order valence-electron chi connectivity index (χ0n) is 11.5. The molecule has 0 fully saturated rings. The van der Waals surface area contributed by atoms with E-state index in [1.165, 1.54) is 18.2 Å². The minimum Gasteiger partial charge on any atom is -0.439 e. The van der Waals surface area contributed by atoms with Gasteiger partial charge in [0.05, 0.1) is 4.92 Å². The molecule has 1 N–H and O–H groups in total. The fourth-order valence-corrected chi connectivity index (χ4v) is 1.93. The maximum absolute atomic E-state index is 10.7. The van der Waals surface area contributed by atoms with Crippen LogP contribution in [0, 0.1) is 10.1 Å². The fourth-order valence-electron chi connectivity index (χ4n) is 1.69. The van der Waals surface area contributed by atoms with E-state index in [0.717, 1.165) is 5.56 Å². The molecule has 0 saturated carbocycles. The van der Waals surface area contributed by atoms with Crippen molar-refractivity contribution in [2.24, 2.45) is 0 Å². The first kappa shape index (κ1) is 15.2. The van der Waals surface area contributed by atoms with Gasteiger partial charge in [-0.3, -0.25) is 10.1 Å². The van der Waals surface area contributed by atoms with Crippen molar-refractivity contribution < 1.29 is 9.66 Å². The van der Waals surface area contributed by atoms with E-state index in [2.05, 4.69) is 10.3 Å². The maximum atomic E-state index is 10.7. The molecule has 1 aromatic carbocycles. The summed E-state index contributed by atoms with van der Waals surface area (Å²) >= 11 is 5.83. The van der Waals surface area contributed by atoms with Gasteiger partial charge in [-0.25, -0.2) is 4.98 Å². The lowest BCUT2D eigenvalue weighted by molar-refractivity contribution is -0.384. The Balaban J connectivity index is 2.15. The highest BCUT2D eigenvalue weighted by molar-refractivity contribution is 6.32. The van der Waals surface area contributed by atoms with E-state index in [1.807, 2.05) is 20.0 Å². The number of nitrogens with one attached hydrogen (secondary N) is 1. The van der Waals surface area contributed by atoms with E-state index in [0.29, 0.717) is 11.6 Å². The second kappa shape index (κ2) is 6.51. The van der Waals surface area contributed by atoms with Crippen LogP contribution in [0.5, 0.6) is 11.6 Å². The topological polar surface area (TPSA) is 77.3 Å². The van der Waals surface area contributed by atoms with Crippen LogP contribution in [0.25, 0.3) is 0 Å². The number of ether oxygens (including phenoxy) is 1. The van der Waals surface area contributed by atoms with Crippen molar-refractivity contribution in [2.45, 2.75) is 13.0 Å². The number of nitro benzene ring substituents is 1. The molecule has 0 aliphatic carbocycles. The van der Waals surface area contributed by atoms with Crippen LogP contribution < -0.4 is 10.1 Å². The molecule has 21 heavy (non-hydrogen) atoms. The Morgan fingerprint density at radius 1 is 1.38 bits per heavy atom. The Bertz CT molecular complexity index is 646. The lowest BCUT2D eigenvalue weighted by Crippen LogP contribution is -2.12. The highest BCUT2D eigenvalue weighted by Crippen LogP contribution is 2.30. The third kappa shape index (κ3) is 3.68. The molecule has 1 heterocycles. The monoisotopic (exact) mass is 307 g/mol. The number of nitrogens with zero attached hydrogens (tertiary/aromatic N) is 2. The number of nitro groups is 1.